The van der Waals surface area contributed by atoms with Crippen LogP contribution < -0.4 is 5.32 Å². The van der Waals surface area contributed by atoms with Crippen LogP contribution in [0, 0.1) is 6.92 Å². The number of rotatable bonds is 4. The molecule has 3 heteroatoms. The van der Waals surface area contributed by atoms with Crippen LogP contribution in [0.2, 0.25) is 0 Å². The molecule has 0 heterocycles. The lowest BCUT2D eigenvalue weighted by Gasteiger charge is -2.10. The van der Waals surface area contributed by atoms with Crippen molar-refractivity contribution < 1.29 is 0 Å². The highest BCUT2D eigenvalue weighted by Crippen LogP contribution is 2.32. The van der Waals surface area contributed by atoms with Gasteiger partial charge in [0.25, 0.3) is 0 Å². The number of hydrogen-bond acceptors (Lipinski definition) is 2. The summed E-state index contributed by atoms with van der Waals surface area (Å²) >= 11 is 5.34. The van der Waals surface area contributed by atoms with Crippen LogP contribution in [0.4, 0.5) is 0 Å². The van der Waals surface area contributed by atoms with Gasteiger partial charge < -0.3 is 5.32 Å². The molecule has 0 radical (unpaired) electrons. The molecule has 0 saturated heterocycles. The quantitative estimate of drug-likeness (QED) is 0.881. The number of nitrogens with one attached hydrogen (secondary N) is 1. The van der Waals surface area contributed by atoms with Gasteiger partial charge in [-0.25, -0.2) is 0 Å². The summed E-state index contributed by atoms with van der Waals surface area (Å²) < 4.78 is 1.13. The monoisotopic (exact) mass is 321 g/mol. The Morgan fingerprint density at radius 3 is 2.72 bits per heavy atom. The van der Waals surface area contributed by atoms with E-state index in [4.69, 9.17) is 0 Å². The van der Waals surface area contributed by atoms with E-state index >= 15 is 0 Å². The molecule has 1 N–H and O–H groups in total. The Bertz CT molecular complexity index is 540. The zero-order valence-electron chi connectivity index (χ0n) is 10.5. The predicted molar refractivity (Wildman–Crippen MR) is 82.2 cm³/mol. The molecule has 0 fully saturated rings. The van der Waals surface area contributed by atoms with Crippen molar-refractivity contribution in [2.45, 2.75) is 23.3 Å². The van der Waals surface area contributed by atoms with Crippen LogP contribution in [0.15, 0.2) is 56.7 Å². The smallest absolute Gasteiger partial charge is 0.0214 e. The van der Waals surface area contributed by atoms with Gasteiger partial charge in [0.05, 0.1) is 0 Å². The Balaban J connectivity index is 2.28. The first kappa shape index (κ1) is 13.7. The molecule has 0 aliphatic heterocycles. The minimum Gasteiger partial charge on any atom is -0.316 e. The number of halogens is 1. The van der Waals surface area contributed by atoms with Gasteiger partial charge in [0.1, 0.15) is 0 Å². The molecule has 0 atom stereocenters. The van der Waals surface area contributed by atoms with Gasteiger partial charge in [0.15, 0.2) is 0 Å². The van der Waals surface area contributed by atoms with Gasteiger partial charge >= 0.3 is 0 Å². The van der Waals surface area contributed by atoms with Crippen LogP contribution in [0.3, 0.4) is 0 Å². The largest absolute Gasteiger partial charge is 0.316 e. The van der Waals surface area contributed by atoms with Gasteiger partial charge in [-0.05, 0) is 49.9 Å². The molecular weight excluding hydrogens is 306 g/mol. The van der Waals surface area contributed by atoms with Crippen molar-refractivity contribution in [2.24, 2.45) is 0 Å². The molecule has 0 aliphatic rings. The van der Waals surface area contributed by atoms with Gasteiger partial charge in [-0.3, -0.25) is 0 Å². The van der Waals surface area contributed by atoms with E-state index in [1.807, 2.05) is 18.8 Å². The second kappa shape index (κ2) is 6.41. The Morgan fingerprint density at radius 1 is 1.17 bits per heavy atom. The van der Waals surface area contributed by atoms with Crippen LogP contribution in [0.5, 0.6) is 0 Å². The SMILES string of the molecule is CNCc1cc(Br)ccc1Sc1cccc(C)c1. The summed E-state index contributed by atoms with van der Waals surface area (Å²) in [6, 6.07) is 15.0. The third kappa shape index (κ3) is 3.61. The summed E-state index contributed by atoms with van der Waals surface area (Å²) in [6.07, 6.45) is 0. The Kier molecular flexibility index (Phi) is 4.87. The average Bonchev–Trinajstić information content (AvgIpc) is 2.33. The minimum absolute atomic E-state index is 0.883. The van der Waals surface area contributed by atoms with E-state index in [9.17, 15) is 0 Å². The van der Waals surface area contributed by atoms with Crippen molar-refractivity contribution >= 4 is 27.7 Å². The Hall–Kier alpha value is -0.770. The van der Waals surface area contributed by atoms with Gasteiger partial charge in [-0.15, -0.1) is 0 Å². The molecule has 2 rings (SSSR count). The maximum atomic E-state index is 3.53. The molecule has 1 nitrogen and oxygen atoms in total. The highest BCUT2D eigenvalue weighted by molar-refractivity contribution is 9.10. The summed E-state index contributed by atoms with van der Waals surface area (Å²) in [5.74, 6) is 0. The summed E-state index contributed by atoms with van der Waals surface area (Å²) in [4.78, 5) is 2.59. The van der Waals surface area contributed by atoms with E-state index in [1.165, 1.54) is 20.9 Å². The van der Waals surface area contributed by atoms with Crippen LogP contribution in [0.1, 0.15) is 11.1 Å². The molecule has 0 spiro atoms. The van der Waals surface area contributed by atoms with E-state index < -0.39 is 0 Å². The lowest BCUT2D eigenvalue weighted by Crippen LogP contribution is -2.06. The number of aryl methyl sites for hydroxylation is 1. The molecular formula is C15H16BrNS. The fourth-order valence-corrected chi connectivity index (χ4v) is 3.23. The summed E-state index contributed by atoms with van der Waals surface area (Å²) in [5.41, 5.74) is 2.62. The van der Waals surface area contributed by atoms with E-state index in [0.717, 1.165) is 11.0 Å². The molecule has 0 bridgehead atoms. The van der Waals surface area contributed by atoms with E-state index in [2.05, 4.69) is 70.6 Å². The predicted octanol–water partition coefficient (Wildman–Crippen LogP) is 4.63. The molecule has 2 aromatic carbocycles. The van der Waals surface area contributed by atoms with Crippen molar-refractivity contribution in [1.29, 1.82) is 0 Å². The zero-order chi connectivity index (χ0) is 13.0. The molecule has 0 aliphatic carbocycles. The van der Waals surface area contributed by atoms with Crippen LogP contribution in [0.25, 0.3) is 0 Å². The second-order valence-corrected chi connectivity index (χ2v) is 6.23. The van der Waals surface area contributed by atoms with Gasteiger partial charge in [0, 0.05) is 20.8 Å². The normalized spacial score (nSPS) is 10.6. The number of hydrogen-bond donors (Lipinski definition) is 1. The third-order valence-electron chi connectivity index (χ3n) is 2.61. The third-order valence-corrected chi connectivity index (χ3v) is 4.21. The van der Waals surface area contributed by atoms with Gasteiger partial charge in [-0.1, -0.05) is 45.4 Å². The topological polar surface area (TPSA) is 12.0 Å². The van der Waals surface area contributed by atoms with E-state index in [-0.39, 0.29) is 0 Å². The van der Waals surface area contributed by atoms with Gasteiger partial charge in [0.2, 0.25) is 0 Å². The fraction of sp³-hybridized carbons (Fsp3) is 0.200. The van der Waals surface area contributed by atoms with Crippen molar-refractivity contribution in [3.63, 3.8) is 0 Å². The van der Waals surface area contributed by atoms with Crippen molar-refractivity contribution in [1.82, 2.24) is 5.32 Å². The van der Waals surface area contributed by atoms with Crippen LogP contribution in [-0.2, 0) is 6.54 Å². The van der Waals surface area contributed by atoms with Crippen molar-refractivity contribution in [2.75, 3.05) is 7.05 Å². The lowest BCUT2D eigenvalue weighted by atomic mass is 10.2. The first-order chi connectivity index (χ1) is 8.69. The molecule has 0 aromatic heterocycles. The minimum atomic E-state index is 0.883. The summed E-state index contributed by atoms with van der Waals surface area (Å²) in [6.45, 7) is 3.01. The molecule has 0 amide bonds. The Labute approximate surface area is 121 Å². The standard InChI is InChI=1S/C15H16BrNS/c1-11-4-3-5-14(8-11)18-15-7-6-13(16)9-12(15)10-17-2/h3-9,17H,10H2,1-2H3. The number of benzene rings is 2. The zero-order valence-corrected chi connectivity index (χ0v) is 12.9. The van der Waals surface area contributed by atoms with Crippen LogP contribution in [-0.4, -0.2) is 7.05 Å². The van der Waals surface area contributed by atoms with E-state index in [1.54, 1.807) is 0 Å². The summed E-state index contributed by atoms with van der Waals surface area (Å²) in [5, 5.41) is 3.21. The molecule has 2 aromatic rings. The van der Waals surface area contributed by atoms with Gasteiger partial charge in [-0.2, -0.15) is 0 Å². The highest BCUT2D eigenvalue weighted by Gasteiger charge is 2.05. The molecule has 94 valence electrons. The van der Waals surface area contributed by atoms with Crippen LogP contribution >= 0.6 is 27.7 Å². The maximum Gasteiger partial charge on any atom is 0.0214 e. The average molecular weight is 322 g/mol. The maximum absolute atomic E-state index is 3.53. The highest BCUT2D eigenvalue weighted by atomic mass is 79.9. The summed E-state index contributed by atoms with van der Waals surface area (Å²) in [7, 11) is 1.97. The second-order valence-electron chi connectivity index (χ2n) is 4.20. The lowest BCUT2D eigenvalue weighted by molar-refractivity contribution is 0.802. The first-order valence-electron chi connectivity index (χ1n) is 5.86. The first-order valence-corrected chi connectivity index (χ1v) is 7.47. The van der Waals surface area contributed by atoms with Crippen molar-refractivity contribution in [3.8, 4) is 0 Å². The Morgan fingerprint density at radius 2 is 2.00 bits per heavy atom. The molecule has 0 saturated carbocycles. The fourth-order valence-electron chi connectivity index (χ4n) is 1.78. The molecule has 18 heavy (non-hydrogen) atoms. The van der Waals surface area contributed by atoms with E-state index in [0.29, 0.717) is 0 Å². The van der Waals surface area contributed by atoms with Crippen molar-refractivity contribution in [3.05, 3.63) is 58.1 Å². The molecule has 0 unspecified atom stereocenters.